The molecule has 13 nitrogen and oxygen atoms in total. The number of nitrogens with one attached hydrogen (secondary N) is 4. The van der Waals surface area contributed by atoms with Gasteiger partial charge < -0.3 is 38.5 Å². The maximum absolute atomic E-state index is 12.2. The Hall–Kier alpha value is -3.03. The number of guanidine groups is 1. The second kappa shape index (κ2) is 14.0. The first-order valence-electron chi connectivity index (χ1n) is 8.63. The number of primary amides is 1. The zero-order chi connectivity index (χ0) is 22.4. The van der Waals surface area contributed by atoms with Gasteiger partial charge in [-0.3, -0.25) is 29.0 Å². The molecule has 0 fully saturated rings. The number of rotatable bonds is 13. The molecule has 164 valence electrons. The van der Waals surface area contributed by atoms with E-state index in [1.165, 1.54) is 6.92 Å². The fraction of sp³-hybridized carbons (Fsp3) is 0.600. The van der Waals surface area contributed by atoms with Gasteiger partial charge in [-0.05, 0) is 12.8 Å². The maximum Gasteiger partial charge on any atom is 0.243 e. The monoisotopic (exact) mass is 432 g/mol. The Labute approximate surface area is 173 Å². The third-order valence-electron chi connectivity index (χ3n) is 3.37. The molecular formula is C15H28N8O5S. The van der Waals surface area contributed by atoms with Gasteiger partial charge in [0.25, 0.3) is 0 Å². The normalized spacial score (nSPS) is 12.1. The molecule has 0 rings (SSSR count). The van der Waals surface area contributed by atoms with Crippen molar-refractivity contribution < 1.29 is 24.0 Å². The molecule has 0 aliphatic rings. The largest absolute Gasteiger partial charge is 0.370 e. The van der Waals surface area contributed by atoms with Crippen molar-refractivity contribution in [2.75, 3.05) is 25.4 Å². The number of hydrogen-bond acceptors (Lipinski definition) is 7. The molecule has 0 bridgehead atoms. The van der Waals surface area contributed by atoms with Crippen LogP contribution in [0.15, 0.2) is 4.99 Å². The van der Waals surface area contributed by atoms with Crippen molar-refractivity contribution >= 4 is 48.1 Å². The first-order chi connectivity index (χ1) is 13.6. The summed E-state index contributed by atoms with van der Waals surface area (Å²) in [5, 5.41) is 9.40. The Morgan fingerprint density at radius 1 is 0.931 bits per heavy atom. The Morgan fingerprint density at radius 2 is 1.55 bits per heavy atom. The predicted molar refractivity (Wildman–Crippen MR) is 109 cm³/mol. The molecule has 29 heavy (non-hydrogen) atoms. The molecular weight excluding hydrogens is 404 g/mol. The summed E-state index contributed by atoms with van der Waals surface area (Å²) in [4.78, 5) is 61.7. The van der Waals surface area contributed by atoms with Gasteiger partial charge >= 0.3 is 0 Å². The number of thiol groups is 1. The summed E-state index contributed by atoms with van der Waals surface area (Å²) >= 11 is 3.88. The van der Waals surface area contributed by atoms with Crippen LogP contribution in [0.5, 0.6) is 0 Å². The van der Waals surface area contributed by atoms with E-state index in [4.69, 9.17) is 17.2 Å². The van der Waals surface area contributed by atoms with E-state index in [0.717, 1.165) is 0 Å². The highest BCUT2D eigenvalue weighted by Gasteiger charge is 2.20. The third kappa shape index (κ3) is 12.9. The number of carbonyl (C=O) groups is 5. The van der Waals surface area contributed by atoms with Gasteiger partial charge in [-0.15, -0.1) is 0 Å². The molecule has 5 amide bonds. The van der Waals surface area contributed by atoms with Gasteiger partial charge in [-0.1, -0.05) is 0 Å². The fourth-order valence-corrected chi connectivity index (χ4v) is 2.27. The Bertz CT molecular complexity index is 638. The van der Waals surface area contributed by atoms with E-state index >= 15 is 0 Å². The van der Waals surface area contributed by atoms with Crippen LogP contribution in [-0.4, -0.2) is 73.0 Å². The molecule has 0 aromatic carbocycles. The summed E-state index contributed by atoms with van der Waals surface area (Å²) in [5.74, 6) is -3.10. The van der Waals surface area contributed by atoms with Crippen molar-refractivity contribution in [2.24, 2.45) is 22.2 Å². The molecule has 0 aliphatic carbocycles. The number of nitrogens with two attached hydrogens (primary N) is 3. The predicted octanol–water partition coefficient (Wildman–Crippen LogP) is -4.32. The van der Waals surface area contributed by atoms with Crippen LogP contribution in [0.3, 0.4) is 0 Å². The topological polar surface area (TPSA) is 224 Å². The van der Waals surface area contributed by atoms with Gasteiger partial charge in [-0.2, -0.15) is 12.6 Å². The number of carbonyl (C=O) groups excluding carboxylic acids is 5. The van der Waals surface area contributed by atoms with Crippen molar-refractivity contribution in [3.05, 3.63) is 0 Å². The van der Waals surface area contributed by atoms with Gasteiger partial charge in [0.1, 0.15) is 12.1 Å². The number of nitrogens with zero attached hydrogens (tertiary/aromatic N) is 1. The first-order valence-corrected chi connectivity index (χ1v) is 9.26. The van der Waals surface area contributed by atoms with Crippen LogP contribution in [-0.2, 0) is 24.0 Å². The average Bonchev–Trinajstić information content (AvgIpc) is 2.63. The molecule has 0 saturated carbocycles. The van der Waals surface area contributed by atoms with Gasteiger partial charge in [0.15, 0.2) is 5.96 Å². The zero-order valence-corrected chi connectivity index (χ0v) is 17.0. The highest BCUT2D eigenvalue weighted by molar-refractivity contribution is 7.80. The lowest BCUT2D eigenvalue weighted by Gasteiger charge is -2.17. The van der Waals surface area contributed by atoms with Gasteiger partial charge in [-0.25, -0.2) is 0 Å². The van der Waals surface area contributed by atoms with E-state index in [9.17, 15) is 24.0 Å². The summed E-state index contributed by atoms with van der Waals surface area (Å²) in [6.07, 6.45) is 0.680. The Kier molecular flexibility index (Phi) is 12.6. The molecule has 2 atom stereocenters. The Morgan fingerprint density at radius 3 is 2.07 bits per heavy atom. The molecule has 0 aromatic rings. The summed E-state index contributed by atoms with van der Waals surface area (Å²) in [5.41, 5.74) is 15.5. The number of aliphatic imine (C=N–C) groups is 1. The van der Waals surface area contributed by atoms with Gasteiger partial charge in [0.05, 0.1) is 13.1 Å². The second-order valence-corrected chi connectivity index (χ2v) is 6.27. The van der Waals surface area contributed by atoms with Gasteiger partial charge in [0.2, 0.25) is 29.5 Å². The van der Waals surface area contributed by atoms with Crippen LogP contribution >= 0.6 is 12.6 Å². The van der Waals surface area contributed by atoms with E-state index in [1.807, 2.05) is 0 Å². The smallest absolute Gasteiger partial charge is 0.243 e. The van der Waals surface area contributed by atoms with Crippen LogP contribution < -0.4 is 38.5 Å². The molecule has 0 radical (unpaired) electrons. The molecule has 0 heterocycles. The molecule has 10 N–H and O–H groups in total. The third-order valence-corrected chi connectivity index (χ3v) is 3.73. The highest BCUT2D eigenvalue weighted by Crippen LogP contribution is 1.99. The quantitative estimate of drug-likeness (QED) is 0.0617. The lowest BCUT2D eigenvalue weighted by atomic mass is 10.1. The number of amides is 5. The SMILES string of the molecule is CC(=O)N[C@@H](CCCN=C(N)N)C(=O)NCC(=O)NCC(=O)N[C@@H](CS)C(N)=O. The number of hydrogen-bond donors (Lipinski definition) is 8. The van der Waals surface area contributed by atoms with E-state index in [1.54, 1.807) is 0 Å². The molecule has 0 spiro atoms. The summed E-state index contributed by atoms with van der Waals surface area (Å²) < 4.78 is 0. The molecule has 14 heteroatoms. The van der Waals surface area contributed by atoms with E-state index in [0.29, 0.717) is 6.42 Å². The minimum Gasteiger partial charge on any atom is -0.370 e. The van der Waals surface area contributed by atoms with Gasteiger partial charge in [0, 0.05) is 19.2 Å². The van der Waals surface area contributed by atoms with Crippen molar-refractivity contribution in [1.29, 1.82) is 0 Å². The minimum absolute atomic E-state index is 0.0127. The molecule has 0 aromatic heterocycles. The van der Waals surface area contributed by atoms with Crippen LogP contribution in [0, 0.1) is 0 Å². The lowest BCUT2D eigenvalue weighted by molar-refractivity contribution is -0.130. The van der Waals surface area contributed by atoms with Crippen molar-refractivity contribution in [3.8, 4) is 0 Å². The van der Waals surface area contributed by atoms with Crippen LogP contribution in [0.2, 0.25) is 0 Å². The van der Waals surface area contributed by atoms with E-state index in [2.05, 4.69) is 38.9 Å². The standard InChI is InChI=1S/C15H28N8O5S/c1-8(24)22-9(3-2-4-19-15(17)18)14(28)21-5-11(25)20-6-12(26)23-10(7-29)13(16)27/h9-10,29H,2-7H2,1H3,(H2,16,27)(H,20,25)(H,21,28)(H,22,24)(H,23,26)(H4,17,18,19)/t9-,10-/m0/s1. The zero-order valence-electron chi connectivity index (χ0n) is 16.1. The van der Waals surface area contributed by atoms with Crippen molar-refractivity contribution in [3.63, 3.8) is 0 Å². The molecule has 0 saturated heterocycles. The second-order valence-electron chi connectivity index (χ2n) is 5.90. The van der Waals surface area contributed by atoms with Crippen molar-refractivity contribution in [1.82, 2.24) is 21.3 Å². The van der Waals surface area contributed by atoms with E-state index < -0.39 is 54.7 Å². The maximum atomic E-state index is 12.2. The fourth-order valence-electron chi connectivity index (χ4n) is 2.00. The molecule has 0 aliphatic heterocycles. The summed E-state index contributed by atoms with van der Waals surface area (Å²) in [6.45, 7) is 0.702. The lowest BCUT2D eigenvalue weighted by Crippen LogP contribution is -2.51. The summed E-state index contributed by atoms with van der Waals surface area (Å²) in [6, 6.07) is -1.83. The van der Waals surface area contributed by atoms with E-state index in [-0.39, 0.29) is 24.7 Å². The highest BCUT2D eigenvalue weighted by atomic mass is 32.1. The van der Waals surface area contributed by atoms with Crippen LogP contribution in [0.25, 0.3) is 0 Å². The van der Waals surface area contributed by atoms with Crippen LogP contribution in [0.4, 0.5) is 0 Å². The Balaban J connectivity index is 4.41. The minimum atomic E-state index is -0.959. The first kappa shape index (κ1) is 26.0. The van der Waals surface area contributed by atoms with Crippen LogP contribution in [0.1, 0.15) is 19.8 Å². The average molecular weight is 433 g/mol. The summed E-state index contributed by atoms with van der Waals surface area (Å²) in [7, 11) is 0. The molecule has 0 unspecified atom stereocenters. The van der Waals surface area contributed by atoms with Crippen molar-refractivity contribution in [2.45, 2.75) is 31.8 Å².